The summed E-state index contributed by atoms with van der Waals surface area (Å²) >= 11 is 1.52. The molecule has 2 aromatic rings. The van der Waals surface area contributed by atoms with Gasteiger partial charge in [-0.3, -0.25) is 4.79 Å². The van der Waals surface area contributed by atoms with Crippen LogP contribution in [0.3, 0.4) is 0 Å². The molecule has 0 aliphatic rings. The maximum atomic E-state index is 12.1. The van der Waals surface area contributed by atoms with Gasteiger partial charge in [-0.25, -0.2) is 4.79 Å². The Morgan fingerprint density at radius 1 is 1.20 bits per heavy atom. The number of carboxylic acid groups (broad SMARTS) is 1. The largest absolute Gasteiger partial charge is 0.506 e. The number of aryl methyl sites for hydroxylation is 2. The topological polar surface area (TPSA) is 86.6 Å². The summed E-state index contributed by atoms with van der Waals surface area (Å²) < 4.78 is 0. The highest BCUT2D eigenvalue weighted by molar-refractivity contribution is 7.12. The monoisotopic (exact) mass is 291 g/mol. The van der Waals surface area contributed by atoms with E-state index in [0.29, 0.717) is 5.56 Å². The summed E-state index contributed by atoms with van der Waals surface area (Å²) in [5.74, 6) is -1.74. The first kappa shape index (κ1) is 14.1. The van der Waals surface area contributed by atoms with E-state index in [-0.39, 0.29) is 22.9 Å². The summed E-state index contributed by atoms with van der Waals surface area (Å²) in [7, 11) is 0. The number of thiophene rings is 1. The summed E-state index contributed by atoms with van der Waals surface area (Å²) in [5, 5.41) is 21.1. The van der Waals surface area contributed by atoms with Gasteiger partial charge in [0.2, 0.25) is 0 Å². The van der Waals surface area contributed by atoms with Crippen LogP contribution in [-0.4, -0.2) is 22.1 Å². The number of carbonyl (C=O) groups is 2. The molecule has 20 heavy (non-hydrogen) atoms. The van der Waals surface area contributed by atoms with Crippen LogP contribution in [-0.2, 0) is 0 Å². The zero-order valence-electron chi connectivity index (χ0n) is 10.9. The molecule has 1 aromatic carbocycles. The van der Waals surface area contributed by atoms with Crippen LogP contribution in [0.4, 0.5) is 5.69 Å². The van der Waals surface area contributed by atoms with E-state index in [1.54, 1.807) is 6.07 Å². The van der Waals surface area contributed by atoms with Crippen molar-refractivity contribution in [3.63, 3.8) is 0 Å². The number of hydrogen-bond donors (Lipinski definition) is 3. The molecule has 0 fully saturated rings. The number of phenols is 1. The Labute approximate surface area is 119 Å². The third kappa shape index (κ3) is 2.80. The fraction of sp³-hybridized carbons (Fsp3) is 0.143. The zero-order valence-corrected chi connectivity index (χ0v) is 11.7. The lowest BCUT2D eigenvalue weighted by molar-refractivity contribution is 0.0696. The molecule has 0 saturated heterocycles. The smallest absolute Gasteiger partial charge is 0.335 e. The molecule has 0 spiro atoms. The van der Waals surface area contributed by atoms with Gasteiger partial charge in [-0.15, -0.1) is 11.3 Å². The number of hydrogen-bond acceptors (Lipinski definition) is 4. The molecule has 1 aromatic heterocycles. The molecule has 0 radical (unpaired) electrons. The lowest BCUT2D eigenvalue weighted by atomic mass is 10.1. The van der Waals surface area contributed by atoms with E-state index in [1.165, 1.54) is 23.5 Å². The van der Waals surface area contributed by atoms with Crippen molar-refractivity contribution in [2.45, 2.75) is 13.8 Å². The minimum absolute atomic E-state index is 0.0388. The first-order valence-corrected chi connectivity index (χ1v) is 6.65. The van der Waals surface area contributed by atoms with Gasteiger partial charge in [0, 0.05) is 9.75 Å². The quantitative estimate of drug-likeness (QED) is 0.759. The molecule has 6 heteroatoms. The molecule has 3 N–H and O–H groups in total. The maximum Gasteiger partial charge on any atom is 0.335 e. The van der Waals surface area contributed by atoms with Crippen molar-refractivity contribution in [1.82, 2.24) is 0 Å². The Morgan fingerprint density at radius 2 is 1.90 bits per heavy atom. The number of rotatable bonds is 3. The minimum Gasteiger partial charge on any atom is -0.506 e. The van der Waals surface area contributed by atoms with Crippen molar-refractivity contribution in [2.75, 3.05) is 5.32 Å². The van der Waals surface area contributed by atoms with Gasteiger partial charge in [0.1, 0.15) is 5.75 Å². The highest BCUT2D eigenvalue weighted by Crippen LogP contribution is 2.27. The Balaban J connectivity index is 2.24. The van der Waals surface area contributed by atoms with Crippen molar-refractivity contribution in [1.29, 1.82) is 0 Å². The molecule has 0 aliphatic heterocycles. The first-order chi connectivity index (χ1) is 9.38. The molecule has 0 saturated carbocycles. The van der Waals surface area contributed by atoms with E-state index in [1.807, 2.05) is 13.8 Å². The van der Waals surface area contributed by atoms with Gasteiger partial charge < -0.3 is 15.5 Å². The second-order valence-corrected chi connectivity index (χ2v) is 5.78. The number of aromatic hydroxyl groups is 1. The van der Waals surface area contributed by atoms with Crippen LogP contribution in [0.1, 0.15) is 30.5 Å². The van der Waals surface area contributed by atoms with E-state index >= 15 is 0 Å². The third-order valence-corrected chi connectivity index (χ3v) is 3.74. The molecule has 2 rings (SSSR count). The number of carbonyl (C=O) groups excluding carboxylic acids is 1. The van der Waals surface area contributed by atoms with Crippen LogP contribution >= 0.6 is 11.3 Å². The number of carboxylic acids is 1. The lowest BCUT2D eigenvalue weighted by Gasteiger charge is -2.07. The van der Waals surface area contributed by atoms with Crippen molar-refractivity contribution in [3.8, 4) is 5.75 Å². The highest BCUT2D eigenvalue weighted by Gasteiger charge is 2.14. The standard InChI is InChI=1S/C14H13NO4S/c1-7-5-10(8(2)20-7)13(17)15-11-4-3-9(14(18)19)6-12(11)16/h3-6,16H,1-2H3,(H,15,17)(H,18,19). The lowest BCUT2D eigenvalue weighted by Crippen LogP contribution is -2.12. The van der Waals surface area contributed by atoms with Crippen LogP contribution in [0.25, 0.3) is 0 Å². The van der Waals surface area contributed by atoms with Gasteiger partial charge in [-0.05, 0) is 38.1 Å². The zero-order chi connectivity index (χ0) is 14.9. The average Bonchev–Trinajstić information content (AvgIpc) is 2.70. The second kappa shape index (κ2) is 5.34. The number of anilines is 1. The van der Waals surface area contributed by atoms with E-state index in [9.17, 15) is 14.7 Å². The van der Waals surface area contributed by atoms with Crippen molar-refractivity contribution < 1.29 is 19.8 Å². The van der Waals surface area contributed by atoms with E-state index in [4.69, 9.17) is 5.11 Å². The predicted molar refractivity (Wildman–Crippen MR) is 76.8 cm³/mol. The predicted octanol–water partition coefficient (Wildman–Crippen LogP) is 3.02. The van der Waals surface area contributed by atoms with Gasteiger partial charge >= 0.3 is 5.97 Å². The summed E-state index contributed by atoms with van der Waals surface area (Å²) in [6, 6.07) is 5.57. The fourth-order valence-electron chi connectivity index (χ4n) is 1.82. The van der Waals surface area contributed by atoms with Gasteiger partial charge in [-0.1, -0.05) is 0 Å². The normalized spacial score (nSPS) is 10.3. The van der Waals surface area contributed by atoms with Gasteiger partial charge in [0.25, 0.3) is 5.91 Å². The molecule has 0 bridgehead atoms. The molecule has 0 aliphatic carbocycles. The molecule has 5 nitrogen and oxygen atoms in total. The summed E-state index contributed by atoms with van der Waals surface area (Å²) in [4.78, 5) is 24.8. The average molecular weight is 291 g/mol. The molecule has 0 unspecified atom stereocenters. The van der Waals surface area contributed by atoms with Crippen molar-refractivity contribution >= 4 is 28.9 Å². The Kier molecular flexibility index (Phi) is 3.76. The molecule has 1 heterocycles. The SMILES string of the molecule is Cc1cc(C(=O)Nc2ccc(C(=O)O)cc2O)c(C)s1. The van der Waals surface area contributed by atoms with Crippen molar-refractivity contribution in [2.24, 2.45) is 0 Å². The van der Waals surface area contributed by atoms with E-state index < -0.39 is 5.97 Å². The third-order valence-electron chi connectivity index (χ3n) is 2.78. The van der Waals surface area contributed by atoms with E-state index in [0.717, 1.165) is 15.8 Å². The highest BCUT2D eigenvalue weighted by atomic mass is 32.1. The van der Waals surface area contributed by atoms with Crippen LogP contribution < -0.4 is 5.32 Å². The van der Waals surface area contributed by atoms with Crippen molar-refractivity contribution in [3.05, 3.63) is 45.1 Å². The fourth-order valence-corrected chi connectivity index (χ4v) is 2.74. The van der Waals surface area contributed by atoms with Crippen LogP contribution in [0, 0.1) is 13.8 Å². The first-order valence-electron chi connectivity index (χ1n) is 5.83. The molecule has 0 atom stereocenters. The molecular weight excluding hydrogens is 278 g/mol. The number of amides is 1. The summed E-state index contributed by atoms with van der Waals surface area (Å²) in [5.41, 5.74) is 0.695. The van der Waals surface area contributed by atoms with Gasteiger partial charge in [-0.2, -0.15) is 0 Å². The Hall–Kier alpha value is -2.34. The molecular formula is C14H13NO4S. The maximum absolute atomic E-state index is 12.1. The van der Waals surface area contributed by atoms with E-state index in [2.05, 4.69) is 5.32 Å². The Morgan fingerprint density at radius 3 is 2.40 bits per heavy atom. The minimum atomic E-state index is -1.14. The van der Waals surface area contributed by atoms with Crippen LogP contribution in [0.2, 0.25) is 0 Å². The van der Waals surface area contributed by atoms with Crippen LogP contribution in [0.15, 0.2) is 24.3 Å². The van der Waals surface area contributed by atoms with Crippen LogP contribution in [0.5, 0.6) is 5.75 Å². The second-order valence-electron chi connectivity index (χ2n) is 4.32. The number of aromatic carboxylic acids is 1. The van der Waals surface area contributed by atoms with Gasteiger partial charge in [0.05, 0.1) is 16.8 Å². The Bertz CT molecular complexity index is 690. The number of nitrogens with one attached hydrogen (secondary N) is 1. The van der Waals surface area contributed by atoms with Gasteiger partial charge in [0.15, 0.2) is 0 Å². The molecule has 1 amide bonds. The number of benzene rings is 1. The summed E-state index contributed by atoms with van der Waals surface area (Å²) in [6.07, 6.45) is 0. The summed E-state index contributed by atoms with van der Waals surface area (Å²) in [6.45, 7) is 3.76. The number of phenolic OH excluding ortho intramolecular Hbond substituents is 1. The molecule has 104 valence electrons.